The highest BCUT2D eigenvalue weighted by atomic mass is 16.2. The summed E-state index contributed by atoms with van der Waals surface area (Å²) in [6.07, 6.45) is 2.45. The fourth-order valence-corrected chi connectivity index (χ4v) is 4.34. The molecule has 1 N–H and O–H groups in total. The maximum atomic E-state index is 12.6. The largest absolute Gasteiger partial charge is 0.352 e. The predicted molar refractivity (Wildman–Crippen MR) is 119 cm³/mol. The lowest BCUT2D eigenvalue weighted by molar-refractivity contribution is -0.132. The van der Waals surface area contributed by atoms with E-state index in [-0.39, 0.29) is 43.1 Å². The molecule has 1 fully saturated rings. The molecule has 1 atom stereocenters. The normalized spacial score (nSPS) is 18.0. The van der Waals surface area contributed by atoms with Crippen molar-refractivity contribution in [2.45, 2.75) is 32.7 Å². The maximum absolute atomic E-state index is 12.6. The molecule has 2 aliphatic rings. The van der Waals surface area contributed by atoms with Crippen molar-refractivity contribution in [3.63, 3.8) is 0 Å². The van der Waals surface area contributed by atoms with E-state index in [4.69, 9.17) is 0 Å². The molecule has 0 aromatic heterocycles. The van der Waals surface area contributed by atoms with E-state index in [2.05, 4.69) is 12.2 Å². The predicted octanol–water partition coefficient (Wildman–Crippen LogP) is 2.86. The number of fused-ring (bicyclic) bond motifs is 1. The van der Waals surface area contributed by atoms with Gasteiger partial charge in [0.15, 0.2) is 0 Å². The zero-order valence-electron chi connectivity index (χ0n) is 18.2. The first-order valence-electron chi connectivity index (χ1n) is 11.0. The number of carbonyl (C=O) groups excluding carboxylic acids is 4. The number of piperidine rings is 1. The third kappa shape index (κ3) is 4.56. The van der Waals surface area contributed by atoms with E-state index in [0.717, 1.165) is 25.9 Å². The van der Waals surface area contributed by atoms with Gasteiger partial charge in [0.2, 0.25) is 5.91 Å². The Balaban J connectivity index is 1.33. The Bertz CT molecular complexity index is 1030. The number of rotatable bonds is 6. The number of nitrogens with zero attached hydrogens (tertiary/aromatic N) is 2. The molecule has 0 spiro atoms. The SMILES string of the molecule is CC1CCCN(C(=O)CCNC(=O)c2cccc(CN3C(=O)c4ccccc4C3=O)c2)C1. The molecule has 7 heteroatoms. The quantitative estimate of drug-likeness (QED) is 0.710. The Morgan fingerprint density at radius 3 is 2.44 bits per heavy atom. The monoisotopic (exact) mass is 433 g/mol. The van der Waals surface area contributed by atoms with Crippen LogP contribution in [-0.4, -0.2) is 53.1 Å². The van der Waals surface area contributed by atoms with Gasteiger partial charge in [0.1, 0.15) is 0 Å². The summed E-state index contributed by atoms with van der Waals surface area (Å²) in [6.45, 7) is 4.09. The third-order valence-corrected chi connectivity index (χ3v) is 6.04. The van der Waals surface area contributed by atoms with Gasteiger partial charge >= 0.3 is 0 Å². The molecular formula is C25H27N3O4. The molecule has 1 unspecified atom stereocenters. The summed E-state index contributed by atoms with van der Waals surface area (Å²) in [5.41, 5.74) is 1.92. The lowest BCUT2D eigenvalue weighted by atomic mass is 10.00. The summed E-state index contributed by atoms with van der Waals surface area (Å²) in [4.78, 5) is 53.2. The number of benzene rings is 2. The van der Waals surface area contributed by atoms with Crippen molar-refractivity contribution in [2.75, 3.05) is 19.6 Å². The fourth-order valence-electron chi connectivity index (χ4n) is 4.34. The molecule has 4 amide bonds. The van der Waals surface area contributed by atoms with Crippen LogP contribution in [-0.2, 0) is 11.3 Å². The van der Waals surface area contributed by atoms with E-state index >= 15 is 0 Å². The van der Waals surface area contributed by atoms with E-state index in [0.29, 0.717) is 28.2 Å². The maximum Gasteiger partial charge on any atom is 0.261 e. The van der Waals surface area contributed by atoms with E-state index < -0.39 is 0 Å². The van der Waals surface area contributed by atoms with Crippen molar-refractivity contribution >= 4 is 23.6 Å². The van der Waals surface area contributed by atoms with Gasteiger partial charge in [-0.2, -0.15) is 0 Å². The molecule has 7 nitrogen and oxygen atoms in total. The molecule has 2 aliphatic heterocycles. The van der Waals surface area contributed by atoms with Crippen molar-refractivity contribution in [3.05, 3.63) is 70.8 Å². The molecule has 2 aromatic rings. The average Bonchev–Trinajstić information content (AvgIpc) is 3.04. The van der Waals surface area contributed by atoms with Crippen LogP contribution in [0.4, 0.5) is 0 Å². The van der Waals surface area contributed by atoms with Crippen LogP contribution in [0.25, 0.3) is 0 Å². The molecule has 1 saturated heterocycles. The van der Waals surface area contributed by atoms with Gasteiger partial charge in [-0.15, -0.1) is 0 Å². The number of hydrogen-bond acceptors (Lipinski definition) is 4. The van der Waals surface area contributed by atoms with Gasteiger partial charge in [0, 0.05) is 31.6 Å². The zero-order chi connectivity index (χ0) is 22.7. The number of imide groups is 1. The molecular weight excluding hydrogens is 406 g/mol. The topological polar surface area (TPSA) is 86.8 Å². The minimum atomic E-state index is -0.328. The van der Waals surface area contributed by atoms with Crippen molar-refractivity contribution in [3.8, 4) is 0 Å². The Labute approximate surface area is 187 Å². The first kappa shape index (κ1) is 21.7. The van der Waals surface area contributed by atoms with Crippen LogP contribution in [0.3, 0.4) is 0 Å². The highest BCUT2D eigenvalue weighted by Gasteiger charge is 2.35. The van der Waals surface area contributed by atoms with E-state index in [1.807, 2.05) is 4.90 Å². The van der Waals surface area contributed by atoms with Crippen LogP contribution in [0.5, 0.6) is 0 Å². The first-order chi connectivity index (χ1) is 15.4. The van der Waals surface area contributed by atoms with Crippen molar-refractivity contribution in [1.29, 1.82) is 0 Å². The van der Waals surface area contributed by atoms with E-state index in [9.17, 15) is 19.2 Å². The highest BCUT2D eigenvalue weighted by molar-refractivity contribution is 6.21. The van der Waals surface area contributed by atoms with Gasteiger partial charge in [-0.3, -0.25) is 24.1 Å². The molecule has 0 bridgehead atoms. The van der Waals surface area contributed by atoms with Crippen LogP contribution >= 0.6 is 0 Å². The summed E-state index contributed by atoms with van der Waals surface area (Å²) in [7, 11) is 0. The van der Waals surface area contributed by atoms with Gasteiger partial charge in [-0.1, -0.05) is 31.2 Å². The molecule has 0 saturated carbocycles. The summed E-state index contributed by atoms with van der Waals surface area (Å²) in [6, 6.07) is 13.6. The Morgan fingerprint density at radius 1 is 1.03 bits per heavy atom. The minimum Gasteiger partial charge on any atom is -0.352 e. The van der Waals surface area contributed by atoms with E-state index in [1.54, 1.807) is 48.5 Å². The van der Waals surface area contributed by atoms with Crippen LogP contribution in [0, 0.1) is 5.92 Å². The van der Waals surface area contributed by atoms with Crippen molar-refractivity contribution in [2.24, 2.45) is 5.92 Å². The van der Waals surface area contributed by atoms with Gasteiger partial charge in [0.25, 0.3) is 17.7 Å². The second-order valence-electron chi connectivity index (χ2n) is 8.54. The summed E-state index contributed by atoms with van der Waals surface area (Å²) >= 11 is 0. The number of nitrogens with one attached hydrogen (secondary N) is 1. The Hall–Kier alpha value is -3.48. The second-order valence-corrected chi connectivity index (χ2v) is 8.54. The first-order valence-corrected chi connectivity index (χ1v) is 11.0. The number of hydrogen-bond donors (Lipinski definition) is 1. The van der Waals surface area contributed by atoms with Crippen molar-refractivity contribution < 1.29 is 19.2 Å². The van der Waals surface area contributed by atoms with Crippen molar-refractivity contribution in [1.82, 2.24) is 15.1 Å². The third-order valence-electron chi connectivity index (χ3n) is 6.04. The molecule has 32 heavy (non-hydrogen) atoms. The summed E-state index contributed by atoms with van der Waals surface area (Å²) in [5, 5.41) is 2.80. The Kier molecular flexibility index (Phi) is 6.35. The lowest BCUT2D eigenvalue weighted by Gasteiger charge is -2.31. The molecule has 2 heterocycles. The molecule has 166 valence electrons. The zero-order valence-corrected chi connectivity index (χ0v) is 18.2. The van der Waals surface area contributed by atoms with Gasteiger partial charge in [0.05, 0.1) is 17.7 Å². The van der Waals surface area contributed by atoms with Crippen LogP contribution in [0.2, 0.25) is 0 Å². The molecule has 0 radical (unpaired) electrons. The molecule has 0 aliphatic carbocycles. The number of carbonyl (C=O) groups is 4. The number of amides is 4. The fraction of sp³-hybridized carbons (Fsp3) is 0.360. The number of likely N-dealkylation sites (tertiary alicyclic amines) is 1. The van der Waals surface area contributed by atoms with Crippen LogP contribution in [0.1, 0.15) is 62.8 Å². The Morgan fingerprint density at radius 2 is 1.75 bits per heavy atom. The average molecular weight is 434 g/mol. The van der Waals surface area contributed by atoms with Crippen LogP contribution in [0.15, 0.2) is 48.5 Å². The van der Waals surface area contributed by atoms with Crippen LogP contribution < -0.4 is 5.32 Å². The molecule has 4 rings (SSSR count). The standard InChI is InChI=1S/C25H27N3O4/c1-17-6-5-13-27(15-17)22(29)11-12-26-23(30)19-8-4-7-18(14-19)16-28-24(31)20-9-2-3-10-21(20)25(28)32/h2-4,7-10,14,17H,5-6,11-13,15-16H2,1H3,(H,26,30). The minimum absolute atomic E-state index is 0.0659. The second kappa shape index (κ2) is 9.34. The lowest BCUT2D eigenvalue weighted by Crippen LogP contribution is -2.40. The van der Waals surface area contributed by atoms with E-state index in [1.165, 1.54) is 4.90 Å². The smallest absolute Gasteiger partial charge is 0.261 e. The summed E-state index contributed by atoms with van der Waals surface area (Å²) in [5.74, 6) is -0.352. The highest BCUT2D eigenvalue weighted by Crippen LogP contribution is 2.24. The van der Waals surface area contributed by atoms with Gasteiger partial charge in [-0.05, 0) is 48.6 Å². The molecule has 2 aromatic carbocycles. The summed E-state index contributed by atoms with van der Waals surface area (Å²) < 4.78 is 0. The van der Waals surface area contributed by atoms with Gasteiger partial charge in [-0.25, -0.2) is 0 Å². The van der Waals surface area contributed by atoms with Gasteiger partial charge < -0.3 is 10.2 Å².